The molecule has 0 aliphatic carbocycles. The van der Waals surface area contributed by atoms with Crippen molar-refractivity contribution in [1.29, 1.82) is 0 Å². The van der Waals surface area contributed by atoms with Crippen LogP contribution in [-0.2, 0) is 4.79 Å². The van der Waals surface area contributed by atoms with Gasteiger partial charge in [0.05, 0.1) is 12.4 Å². The van der Waals surface area contributed by atoms with Crippen molar-refractivity contribution in [3.05, 3.63) is 24.3 Å². The average molecular weight is 211 g/mol. The first-order valence-corrected chi connectivity index (χ1v) is 5.35. The monoisotopic (exact) mass is 211 g/mol. The second-order valence-electron chi connectivity index (χ2n) is 2.66. The van der Waals surface area contributed by atoms with Crippen LogP contribution in [0.25, 0.3) is 0 Å². The normalized spacial score (nSPS) is 9.79. The van der Waals surface area contributed by atoms with Crippen molar-refractivity contribution < 1.29 is 9.53 Å². The smallest absolute Gasteiger partial charge is 0.227 e. The zero-order chi connectivity index (χ0) is 10.4. The van der Waals surface area contributed by atoms with Gasteiger partial charge in [0, 0.05) is 4.90 Å². The van der Waals surface area contributed by atoms with Crippen LogP contribution in [0.2, 0.25) is 0 Å². The first-order chi connectivity index (χ1) is 6.72. The number of benzene rings is 1. The van der Waals surface area contributed by atoms with E-state index >= 15 is 0 Å². The Morgan fingerprint density at radius 1 is 1.57 bits per heavy atom. The van der Waals surface area contributed by atoms with E-state index in [1.807, 2.05) is 31.2 Å². The molecule has 14 heavy (non-hydrogen) atoms. The predicted octanol–water partition coefficient (Wildman–Crippen LogP) is 1.66. The van der Waals surface area contributed by atoms with Crippen molar-refractivity contribution in [3.63, 3.8) is 0 Å². The molecule has 76 valence electrons. The van der Waals surface area contributed by atoms with Crippen LogP contribution in [0.3, 0.4) is 0 Å². The molecule has 0 fully saturated rings. The molecule has 1 aromatic carbocycles. The molecule has 0 aliphatic rings. The Labute approximate surface area is 87.6 Å². The number of nitrogens with two attached hydrogens (primary N) is 1. The highest BCUT2D eigenvalue weighted by atomic mass is 32.2. The fraction of sp³-hybridized carbons (Fsp3) is 0.300. The SMILES string of the molecule is CCOc1cccc(SCC(N)=O)c1. The van der Waals surface area contributed by atoms with Gasteiger partial charge in [0.2, 0.25) is 5.91 Å². The zero-order valence-electron chi connectivity index (χ0n) is 8.03. The first-order valence-electron chi connectivity index (χ1n) is 4.36. The van der Waals surface area contributed by atoms with Crippen LogP contribution in [-0.4, -0.2) is 18.3 Å². The molecule has 0 radical (unpaired) electrons. The zero-order valence-corrected chi connectivity index (χ0v) is 8.84. The van der Waals surface area contributed by atoms with Crippen molar-refractivity contribution in [2.75, 3.05) is 12.4 Å². The van der Waals surface area contributed by atoms with E-state index in [0.717, 1.165) is 10.6 Å². The molecule has 0 heterocycles. The highest BCUT2D eigenvalue weighted by Crippen LogP contribution is 2.22. The molecule has 3 nitrogen and oxygen atoms in total. The summed E-state index contributed by atoms with van der Waals surface area (Å²) in [5, 5.41) is 0. The van der Waals surface area contributed by atoms with Gasteiger partial charge in [-0.05, 0) is 25.1 Å². The first kappa shape index (κ1) is 10.9. The summed E-state index contributed by atoms with van der Waals surface area (Å²) in [6.07, 6.45) is 0. The van der Waals surface area contributed by atoms with Gasteiger partial charge in [-0.3, -0.25) is 4.79 Å². The number of amides is 1. The molecule has 0 bridgehead atoms. The van der Waals surface area contributed by atoms with Crippen LogP contribution in [0.1, 0.15) is 6.92 Å². The summed E-state index contributed by atoms with van der Waals surface area (Å²) < 4.78 is 5.32. The summed E-state index contributed by atoms with van der Waals surface area (Å²) in [6.45, 7) is 2.58. The largest absolute Gasteiger partial charge is 0.494 e. The third-order valence-corrected chi connectivity index (χ3v) is 2.51. The molecule has 0 unspecified atom stereocenters. The van der Waals surface area contributed by atoms with Gasteiger partial charge in [-0.2, -0.15) is 0 Å². The summed E-state index contributed by atoms with van der Waals surface area (Å²) in [4.78, 5) is 11.5. The highest BCUT2D eigenvalue weighted by Gasteiger charge is 1.99. The molecule has 2 N–H and O–H groups in total. The second kappa shape index (κ2) is 5.54. The molecular formula is C10H13NO2S. The number of ether oxygens (including phenoxy) is 1. The lowest BCUT2D eigenvalue weighted by Crippen LogP contribution is -2.12. The molecule has 0 spiro atoms. The predicted molar refractivity (Wildman–Crippen MR) is 57.5 cm³/mol. The van der Waals surface area contributed by atoms with Crippen molar-refractivity contribution in [2.24, 2.45) is 5.73 Å². The molecule has 1 rings (SSSR count). The summed E-state index contributed by atoms with van der Waals surface area (Å²) in [7, 11) is 0. The summed E-state index contributed by atoms with van der Waals surface area (Å²) >= 11 is 1.41. The van der Waals surface area contributed by atoms with Crippen molar-refractivity contribution in [1.82, 2.24) is 0 Å². The third kappa shape index (κ3) is 3.70. The van der Waals surface area contributed by atoms with E-state index in [0.29, 0.717) is 12.4 Å². The van der Waals surface area contributed by atoms with Gasteiger partial charge < -0.3 is 10.5 Å². The van der Waals surface area contributed by atoms with E-state index in [4.69, 9.17) is 10.5 Å². The van der Waals surface area contributed by atoms with Crippen LogP contribution >= 0.6 is 11.8 Å². The Bertz CT molecular complexity index is 315. The number of primary amides is 1. The van der Waals surface area contributed by atoms with Crippen molar-refractivity contribution in [3.8, 4) is 5.75 Å². The number of hydrogen-bond donors (Lipinski definition) is 1. The van der Waals surface area contributed by atoms with E-state index in [2.05, 4.69) is 0 Å². The van der Waals surface area contributed by atoms with Crippen LogP contribution in [0, 0.1) is 0 Å². The minimum absolute atomic E-state index is 0.301. The molecule has 1 aromatic rings. The number of hydrogen-bond acceptors (Lipinski definition) is 3. The van der Waals surface area contributed by atoms with Crippen LogP contribution in [0.15, 0.2) is 29.2 Å². The molecule has 0 aliphatic heterocycles. The van der Waals surface area contributed by atoms with Gasteiger partial charge in [0.25, 0.3) is 0 Å². The number of rotatable bonds is 5. The van der Waals surface area contributed by atoms with Gasteiger partial charge in [-0.15, -0.1) is 11.8 Å². The van der Waals surface area contributed by atoms with Gasteiger partial charge in [-0.1, -0.05) is 6.07 Å². The Kier molecular flexibility index (Phi) is 4.32. The third-order valence-electron chi connectivity index (χ3n) is 1.50. The van der Waals surface area contributed by atoms with Gasteiger partial charge in [0.1, 0.15) is 5.75 Å². The summed E-state index contributed by atoms with van der Waals surface area (Å²) in [5.74, 6) is 0.814. The van der Waals surface area contributed by atoms with Gasteiger partial charge in [-0.25, -0.2) is 0 Å². The maximum atomic E-state index is 10.6. The fourth-order valence-corrected chi connectivity index (χ4v) is 1.66. The quantitative estimate of drug-likeness (QED) is 0.754. The Hall–Kier alpha value is -1.16. The van der Waals surface area contributed by atoms with Crippen LogP contribution in [0.5, 0.6) is 5.75 Å². The van der Waals surface area contributed by atoms with E-state index in [-0.39, 0.29) is 5.91 Å². The van der Waals surface area contributed by atoms with Crippen LogP contribution in [0.4, 0.5) is 0 Å². The Morgan fingerprint density at radius 2 is 2.36 bits per heavy atom. The van der Waals surface area contributed by atoms with Crippen molar-refractivity contribution in [2.45, 2.75) is 11.8 Å². The van der Waals surface area contributed by atoms with E-state index in [9.17, 15) is 4.79 Å². The van der Waals surface area contributed by atoms with Crippen LogP contribution < -0.4 is 10.5 Å². The lowest BCUT2D eigenvalue weighted by atomic mass is 10.3. The summed E-state index contributed by atoms with van der Waals surface area (Å²) in [6, 6.07) is 7.61. The van der Waals surface area contributed by atoms with E-state index < -0.39 is 0 Å². The number of thioether (sulfide) groups is 1. The molecule has 4 heteroatoms. The number of carbonyl (C=O) groups is 1. The van der Waals surface area contributed by atoms with E-state index in [1.54, 1.807) is 0 Å². The minimum atomic E-state index is -0.309. The van der Waals surface area contributed by atoms with E-state index in [1.165, 1.54) is 11.8 Å². The van der Waals surface area contributed by atoms with Gasteiger partial charge in [0.15, 0.2) is 0 Å². The lowest BCUT2D eigenvalue weighted by Gasteiger charge is -2.04. The minimum Gasteiger partial charge on any atom is -0.494 e. The lowest BCUT2D eigenvalue weighted by molar-refractivity contribution is -0.115. The molecule has 0 saturated heterocycles. The molecular weight excluding hydrogens is 198 g/mol. The maximum Gasteiger partial charge on any atom is 0.227 e. The Morgan fingerprint density at radius 3 is 3.00 bits per heavy atom. The Balaban J connectivity index is 2.58. The molecule has 1 amide bonds. The molecule has 0 saturated carbocycles. The topological polar surface area (TPSA) is 52.3 Å². The fourth-order valence-electron chi connectivity index (χ4n) is 0.975. The number of carbonyl (C=O) groups excluding carboxylic acids is 1. The molecule has 0 atom stereocenters. The van der Waals surface area contributed by atoms with Crippen molar-refractivity contribution >= 4 is 17.7 Å². The van der Waals surface area contributed by atoms with Gasteiger partial charge >= 0.3 is 0 Å². The maximum absolute atomic E-state index is 10.6. The summed E-state index contributed by atoms with van der Waals surface area (Å²) in [5.41, 5.74) is 5.05. The highest BCUT2D eigenvalue weighted by molar-refractivity contribution is 8.00. The second-order valence-corrected chi connectivity index (χ2v) is 3.71. The molecule has 0 aromatic heterocycles. The standard InChI is InChI=1S/C10H13NO2S/c1-2-13-8-4-3-5-9(6-8)14-7-10(11)12/h3-6H,2,7H2,1H3,(H2,11,12). The average Bonchev–Trinajstić information content (AvgIpc) is 2.16.